The summed E-state index contributed by atoms with van der Waals surface area (Å²) in [5.41, 5.74) is 2.72. The fraction of sp³-hybridized carbons (Fsp3) is 0.500. The Bertz CT molecular complexity index is 520. The van der Waals surface area contributed by atoms with Gasteiger partial charge in [-0.3, -0.25) is 11.3 Å². The van der Waals surface area contributed by atoms with E-state index in [1.165, 1.54) is 12.1 Å². The summed E-state index contributed by atoms with van der Waals surface area (Å²) in [6.45, 7) is 0. The van der Waals surface area contributed by atoms with Gasteiger partial charge < -0.3 is 0 Å². The zero-order valence-electron chi connectivity index (χ0n) is 10.7. The van der Waals surface area contributed by atoms with Crippen LogP contribution in [0.2, 0.25) is 0 Å². The van der Waals surface area contributed by atoms with Crippen LogP contribution in [0.15, 0.2) is 18.2 Å². The molecule has 108 valence electrons. The molecule has 0 heterocycles. The third-order valence-electron chi connectivity index (χ3n) is 2.80. The number of nitrogens with one attached hydrogen (secondary N) is 1. The normalized spacial score (nSPS) is 13.5. The highest BCUT2D eigenvalue weighted by Gasteiger charge is 2.14. The third kappa shape index (κ3) is 5.63. The number of rotatable bonds is 7. The lowest BCUT2D eigenvalue weighted by Gasteiger charge is -2.16. The largest absolute Gasteiger partial charge is 0.271 e. The maximum atomic E-state index is 13.5. The van der Waals surface area contributed by atoms with Crippen LogP contribution in [0.4, 0.5) is 8.78 Å². The second kappa shape index (κ2) is 6.93. The molecule has 0 aliphatic rings. The summed E-state index contributed by atoms with van der Waals surface area (Å²) in [6, 6.07) is 3.67. The van der Waals surface area contributed by atoms with E-state index in [4.69, 9.17) is 5.84 Å². The van der Waals surface area contributed by atoms with Crippen molar-refractivity contribution in [1.29, 1.82) is 0 Å². The van der Waals surface area contributed by atoms with E-state index in [2.05, 4.69) is 5.43 Å². The first-order valence-electron chi connectivity index (χ1n) is 5.90. The van der Waals surface area contributed by atoms with Crippen LogP contribution in [-0.2, 0) is 16.3 Å². The molecule has 1 rings (SSSR count). The lowest BCUT2D eigenvalue weighted by molar-refractivity contribution is 0.457. The smallest absolute Gasteiger partial charge is 0.162 e. The van der Waals surface area contributed by atoms with E-state index in [1.54, 1.807) is 0 Å². The van der Waals surface area contributed by atoms with Gasteiger partial charge in [-0.2, -0.15) is 0 Å². The molecule has 0 saturated carbocycles. The maximum absolute atomic E-state index is 13.5. The van der Waals surface area contributed by atoms with Gasteiger partial charge >= 0.3 is 0 Å². The molecule has 0 radical (unpaired) electrons. The lowest BCUT2D eigenvalue weighted by Crippen LogP contribution is -2.37. The zero-order chi connectivity index (χ0) is 14.5. The SMILES string of the molecule is CS(=O)(=O)CCCC(Cc1cccc(F)c1F)NN. The summed E-state index contributed by atoms with van der Waals surface area (Å²) in [5, 5.41) is 0. The molecule has 1 atom stereocenters. The Kier molecular flexibility index (Phi) is 5.84. The van der Waals surface area contributed by atoms with Gasteiger partial charge in [0.15, 0.2) is 11.6 Å². The third-order valence-corrected chi connectivity index (χ3v) is 3.83. The molecule has 19 heavy (non-hydrogen) atoms. The fourth-order valence-electron chi connectivity index (χ4n) is 1.81. The highest BCUT2D eigenvalue weighted by molar-refractivity contribution is 7.90. The Hall–Kier alpha value is -1.05. The van der Waals surface area contributed by atoms with Gasteiger partial charge in [0.1, 0.15) is 9.84 Å². The van der Waals surface area contributed by atoms with Crippen LogP contribution < -0.4 is 11.3 Å². The Morgan fingerprint density at radius 1 is 1.37 bits per heavy atom. The second-order valence-corrected chi connectivity index (χ2v) is 6.81. The molecule has 0 aromatic heterocycles. The Morgan fingerprint density at radius 3 is 2.63 bits per heavy atom. The first-order valence-corrected chi connectivity index (χ1v) is 7.96. The molecule has 0 saturated heterocycles. The summed E-state index contributed by atoms with van der Waals surface area (Å²) in [6.07, 6.45) is 2.26. The molecular weight excluding hydrogens is 274 g/mol. The van der Waals surface area contributed by atoms with Crippen LogP contribution in [0.5, 0.6) is 0 Å². The van der Waals surface area contributed by atoms with E-state index in [1.807, 2.05) is 0 Å². The number of hydrazine groups is 1. The highest BCUT2D eigenvalue weighted by atomic mass is 32.2. The summed E-state index contributed by atoms with van der Waals surface area (Å²) in [4.78, 5) is 0. The zero-order valence-corrected chi connectivity index (χ0v) is 11.5. The van der Waals surface area contributed by atoms with Crippen molar-refractivity contribution in [1.82, 2.24) is 5.43 Å². The molecule has 7 heteroatoms. The van der Waals surface area contributed by atoms with Gasteiger partial charge in [0.25, 0.3) is 0 Å². The Labute approximate surface area is 111 Å². The summed E-state index contributed by atoms with van der Waals surface area (Å²) >= 11 is 0. The molecule has 1 aromatic carbocycles. The van der Waals surface area contributed by atoms with Crippen molar-refractivity contribution in [3.8, 4) is 0 Å². The lowest BCUT2D eigenvalue weighted by atomic mass is 10.0. The number of nitrogens with two attached hydrogens (primary N) is 1. The van der Waals surface area contributed by atoms with Gasteiger partial charge in [0.2, 0.25) is 0 Å². The molecule has 4 nitrogen and oxygen atoms in total. The molecule has 1 unspecified atom stereocenters. The van der Waals surface area contributed by atoms with Crippen LogP contribution in [0.3, 0.4) is 0 Å². The average molecular weight is 292 g/mol. The standard InChI is InChI=1S/C12H18F2N2O2S/c1-19(17,18)7-3-5-10(16-15)8-9-4-2-6-11(13)12(9)14/h2,4,6,10,16H,3,5,7-8,15H2,1H3. The van der Waals surface area contributed by atoms with Crippen LogP contribution in [0.25, 0.3) is 0 Å². The van der Waals surface area contributed by atoms with Crippen molar-refractivity contribution in [3.05, 3.63) is 35.4 Å². The Morgan fingerprint density at radius 2 is 2.05 bits per heavy atom. The average Bonchev–Trinajstić information content (AvgIpc) is 2.32. The first-order chi connectivity index (χ1) is 8.83. The van der Waals surface area contributed by atoms with Gasteiger partial charge in [-0.25, -0.2) is 17.2 Å². The fourth-order valence-corrected chi connectivity index (χ4v) is 2.50. The molecule has 0 fully saturated rings. The van der Waals surface area contributed by atoms with E-state index in [0.717, 1.165) is 12.3 Å². The number of hydrogen-bond donors (Lipinski definition) is 2. The van der Waals surface area contributed by atoms with Crippen molar-refractivity contribution in [2.75, 3.05) is 12.0 Å². The maximum Gasteiger partial charge on any atom is 0.162 e. The van der Waals surface area contributed by atoms with E-state index < -0.39 is 21.5 Å². The molecule has 0 bridgehead atoms. The minimum Gasteiger partial charge on any atom is -0.271 e. The van der Waals surface area contributed by atoms with Gasteiger partial charge in [-0.1, -0.05) is 12.1 Å². The number of halogens is 2. The molecule has 0 aliphatic carbocycles. The van der Waals surface area contributed by atoms with Crippen molar-refractivity contribution in [2.45, 2.75) is 25.3 Å². The number of sulfone groups is 1. The molecule has 1 aromatic rings. The molecular formula is C12H18F2N2O2S. The molecule has 0 spiro atoms. The van der Waals surface area contributed by atoms with E-state index in [9.17, 15) is 17.2 Å². The van der Waals surface area contributed by atoms with Gasteiger partial charge in [0, 0.05) is 18.1 Å². The number of benzene rings is 1. The van der Waals surface area contributed by atoms with E-state index in [-0.39, 0.29) is 23.8 Å². The quantitative estimate of drug-likeness (QED) is 0.584. The topological polar surface area (TPSA) is 72.2 Å². The summed E-state index contributed by atoms with van der Waals surface area (Å²) in [7, 11) is -3.02. The summed E-state index contributed by atoms with van der Waals surface area (Å²) < 4.78 is 48.5. The van der Waals surface area contributed by atoms with Crippen LogP contribution in [-0.4, -0.2) is 26.5 Å². The minimum atomic E-state index is -3.02. The summed E-state index contributed by atoms with van der Waals surface area (Å²) in [5.74, 6) is 3.61. The predicted octanol–water partition coefficient (Wildman–Crippen LogP) is 1.16. The number of hydrogen-bond acceptors (Lipinski definition) is 4. The second-order valence-electron chi connectivity index (χ2n) is 4.55. The van der Waals surface area contributed by atoms with Crippen molar-refractivity contribution < 1.29 is 17.2 Å². The first kappa shape index (κ1) is 16.0. The van der Waals surface area contributed by atoms with Crippen LogP contribution in [0.1, 0.15) is 18.4 Å². The van der Waals surface area contributed by atoms with Crippen molar-refractivity contribution in [3.63, 3.8) is 0 Å². The monoisotopic (exact) mass is 292 g/mol. The van der Waals surface area contributed by atoms with Gasteiger partial charge in [-0.05, 0) is 30.9 Å². The minimum absolute atomic E-state index is 0.0524. The van der Waals surface area contributed by atoms with E-state index in [0.29, 0.717) is 12.8 Å². The molecule has 3 N–H and O–H groups in total. The van der Waals surface area contributed by atoms with Crippen molar-refractivity contribution in [2.24, 2.45) is 5.84 Å². The van der Waals surface area contributed by atoms with Crippen molar-refractivity contribution >= 4 is 9.84 Å². The van der Waals surface area contributed by atoms with E-state index >= 15 is 0 Å². The highest BCUT2D eigenvalue weighted by Crippen LogP contribution is 2.15. The van der Waals surface area contributed by atoms with Gasteiger partial charge in [0.05, 0.1) is 0 Å². The molecule has 0 aliphatic heterocycles. The molecule has 0 amide bonds. The predicted molar refractivity (Wildman–Crippen MR) is 70.1 cm³/mol. The van der Waals surface area contributed by atoms with Crippen LogP contribution >= 0.6 is 0 Å². The van der Waals surface area contributed by atoms with Gasteiger partial charge in [-0.15, -0.1) is 0 Å². The van der Waals surface area contributed by atoms with Crippen LogP contribution in [0, 0.1) is 11.6 Å². The Balaban J connectivity index is 2.59.